The molecule has 8 nitrogen and oxygen atoms in total. The van der Waals surface area contributed by atoms with Crippen molar-refractivity contribution in [2.45, 2.75) is 58.0 Å². The molecule has 1 unspecified atom stereocenters. The van der Waals surface area contributed by atoms with Crippen LogP contribution in [-0.2, 0) is 23.9 Å². The van der Waals surface area contributed by atoms with Crippen molar-refractivity contribution in [3.05, 3.63) is 59.1 Å². The Morgan fingerprint density at radius 2 is 1.91 bits per heavy atom. The van der Waals surface area contributed by atoms with E-state index < -0.39 is 23.6 Å². The van der Waals surface area contributed by atoms with Crippen molar-refractivity contribution < 1.29 is 28.7 Å². The van der Waals surface area contributed by atoms with Crippen LogP contribution in [0, 0.1) is 0 Å². The van der Waals surface area contributed by atoms with Crippen molar-refractivity contribution in [1.82, 2.24) is 5.32 Å². The van der Waals surface area contributed by atoms with E-state index in [9.17, 15) is 19.2 Å². The SMILES string of the molecule is COC1=C2C/C=C/CCCCCC(OC(N)=O)C/C=C\C=C(/C)C(=O)NC(=CC1=O)C2=O. The number of carbonyl (C=O) groups is 4. The fraction of sp³-hybridized carbons (Fsp3) is 0.417. The molecule has 0 fully saturated rings. The van der Waals surface area contributed by atoms with Gasteiger partial charge in [-0.3, -0.25) is 14.4 Å². The molecule has 0 radical (unpaired) electrons. The monoisotopic (exact) mass is 442 g/mol. The predicted octanol–water partition coefficient (Wildman–Crippen LogP) is 3.31. The van der Waals surface area contributed by atoms with E-state index >= 15 is 0 Å². The van der Waals surface area contributed by atoms with E-state index in [2.05, 4.69) is 5.32 Å². The standard InChI is InChI=1S/C24H30N2O6/c1-16-11-9-10-13-17(32-24(25)30)12-7-5-3-4-6-8-14-18-21(28)19(26-23(16)29)15-20(27)22(18)31-2/h6,8-11,15,17H,3-5,7,12-14H2,1-2H3,(H2,25,30)(H,26,29)/b8-6+,10-9-,16-11+. The Morgan fingerprint density at radius 3 is 2.62 bits per heavy atom. The second-order valence-electron chi connectivity index (χ2n) is 7.60. The number of fused-ring (bicyclic) bond motifs is 2. The van der Waals surface area contributed by atoms with Crippen molar-refractivity contribution >= 4 is 23.6 Å². The molecule has 1 aliphatic heterocycles. The Hall–Kier alpha value is -3.42. The lowest BCUT2D eigenvalue weighted by Crippen LogP contribution is -2.32. The second kappa shape index (κ2) is 12.4. The molecule has 0 saturated heterocycles. The molecular formula is C24H30N2O6. The Balaban J connectivity index is 2.24. The Bertz CT molecular complexity index is 907. The Morgan fingerprint density at radius 1 is 1.12 bits per heavy atom. The average Bonchev–Trinajstić information content (AvgIpc) is 2.74. The maximum Gasteiger partial charge on any atom is 0.404 e. The molecule has 2 aliphatic rings. The van der Waals surface area contributed by atoms with Gasteiger partial charge in [-0.1, -0.05) is 36.8 Å². The minimum absolute atomic E-state index is 0.000712. The average molecular weight is 443 g/mol. The number of methoxy groups -OCH3 is 1. The molecule has 172 valence electrons. The highest BCUT2D eigenvalue weighted by Gasteiger charge is 2.29. The van der Waals surface area contributed by atoms with Crippen LogP contribution in [0.15, 0.2) is 59.1 Å². The fourth-order valence-corrected chi connectivity index (χ4v) is 3.44. The second-order valence-corrected chi connectivity index (χ2v) is 7.60. The Labute approximate surface area is 187 Å². The summed E-state index contributed by atoms with van der Waals surface area (Å²) < 4.78 is 10.3. The van der Waals surface area contributed by atoms with Gasteiger partial charge in [0.2, 0.25) is 11.6 Å². The van der Waals surface area contributed by atoms with Gasteiger partial charge >= 0.3 is 6.09 Å². The number of ketones is 2. The van der Waals surface area contributed by atoms with Crippen LogP contribution < -0.4 is 11.1 Å². The van der Waals surface area contributed by atoms with Crippen molar-refractivity contribution in [1.29, 1.82) is 0 Å². The number of nitrogens with one attached hydrogen (secondary N) is 1. The fourth-order valence-electron chi connectivity index (χ4n) is 3.44. The number of Topliss-reactive ketones (excluding diaryl/α,β-unsaturated/α-hetero) is 1. The van der Waals surface area contributed by atoms with Crippen LogP contribution in [0.25, 0.3) is 0 Å². The number of nitrogens with two attached hydrogens (primary N) is 1. The summed E-state index contributed by atoms with van der Waals surface area (Å²) in [6, 6.07) is 0. The largest absolute Gasteiger partial charge is 0.492 e. The van der Waals surface area contributed by atoms with Gasteiger partial charge in [-0.2, -0.15) is 0 Å². The molecule has 0 spiro atoms. The zero-order chi connectivity index (χ0) is 23.5. The first-order valence-electron chi connectivity index (χ1n) is 10.7. The number of rotatable bonds is 2. The van der Waals surface area contributed by atoms with E-state index in [4.69, 9.17) is 15.2 Å². The lowest BCUT2D eigenvalue weighted by atomic mass is 9.95. The molecule has 1 aliphatic carbocycles. The molecule has 3 N–H and O–H groups in total. The maximum absolute atomic E-state index is 12.9. The van der Waals surface area contributed by atoms with E-state index in [1.54, 1.807) is 25.2 Å². The Kier molecular flexibility index (Phi) is 9.66. The van der Waals surface area contributed by atoms with Crippen molar-refractivity contribution in [2.75, 3.05) is 7.11 Å². The minimum atomic E-state index is -0.806. The summed E-state index contributed by atoms with van der Waals surface area (Å²) in [7, 11) is 1.34. The van der Waals surface area contributed by atoms with Crippen molar-refractivity contribution in [2.24, 2.45) is 5.73 Å². The topological polar surface area (TPSA) is 125 Å². The van der Waals surface area contributed by atoms with E-state index in [-0.39, 0.29) is 29.6 Å². The zero-order valence-corrected chi connectivity index (χ0v) is 18.5. The molecule has 1 atom stereocenters. The lowest BCUT2D eigenvalue weighted by molar-refractivity contribution is -0.120. The molecule has 2 rings (SSSR count). The lowest BCUT2D eigenvalue weighted by Gasteiger charge is -2.18. The summed E-state index contributed by atoms with van der Waals surface area (Å²) in [6.45, 7) is 1.59. The summed E-state index contributed by atoms with van der Waals surface area (Å²) in [5.41, 5.74) is 5.65. The molecule has 0 saturated carbocycles. The summed E-state index contributed by atoms with van der Waals surface area (Å²) in [5.74, 6) is -1.40. The maximum atomic E-state index is 12.9. The van der Waals surface area contributed by atoms with Crippen LogP contribution >= 0.6 is 0 Å². The number of amides is 2. The zero-order valence-electron chi connectivity index (χ0n) is 18.5. The number of hydrogen-bond donors (Lipinski definition) is 2. The third-order valence-electron chi connectivity index (χ3n) is 5.15. The smallest absolute Gasteiger partial charge is 0.404 e. The highest BCUT2D eigenvalue weighted by Crippen LogP contribution is 2.22. The van der Waals surface area contributed by atoms with Crippen LogP contribution in [0.1, 0.15) is 51.9 Å². The van der Waals surface area contributed by atoms with Crippen LogP contribution in [-0.4, -0.2) is 36.8 Å². The molecule has 0 aromatic heterocycles. The molecule has 2 bridgehead atoms. The molecule has 1 heterocycles. The van der Waals surface area contributed by atoms with Gasteiger partial charge in [0, 0.05) is 18.1 Å². The van der Waals surface area contributed by atoms with Crippen molar-refractivity contribution in [3.63, 3.8) is 0 Å². The van der Waals surface area contributed by atoms with Crippen LogP contribution in [0.2, 0.25) is 0 Å². The first-order valence-corrected chi connectivity index (χ1v) is 10.7. The van der Waals surface area contributed by atoms with Crippen molar-refractivity contribution in [3.8, 4) is 0 Å². The van der Waals surface area contributed by atoms with Gasteiger partial charge in [-0.25, -0.2) is 4.79 Å². The number of allylic oxidation sites excluding steroid dienone is 6. The molecular weight excluding hydrogens is 412 g/mol. The highest BCUT2D eigenvalue weighted by molar-refractivity contribution is 6.23. The van der Waals surface area contributed by atoms with E-state index in [1.165, 1.54) is 7.11 Å². The molecule has 2 amide bonds. The number of hydrogen-bond acceptors (Lipinski definition) is 6. The van der Waals surface area contributed by atoms with Gasteiger partial charge < -0.3 is 20.5 Å². The number of ether oxygens (including phenoxy) is 2. The summed E-state index contributed by atoms with van der Waals surface area (Å²) in [6.07, 6.45) is 13.7. The normalized spacial score (nSPS) is 25.2. The predicted molar refractivity (Wildman–Crippen MR) is 119 cm³/mol. The van der Waals surface area contributed by atoms with Crippen LogP contribution in [0.5, 0.6) is 0 Å². The van der Waals surface area contributed by atoms with Gasteiger partial charge in [0.25, 0.3) is 5.91 Å². The highest BCUT2D eigenvalue weighted by atomic mass is 16.6. The van der Waals surface area contributed by atoms with Crippen LogP contribution in [0.3, 0.4) is 0 Å². The van der Waals surface area contributed by atoms with E-state index in [0.717, 1.165) is 31.8 Å². The van der Waals surface area contributed by atoms with Gasteiger partial charge in [-0.05, 0) is 39.0 Å². The third-order valence-corrected chi connectivity index (χ3v) is 5.15. The summed E-state index contributed by atoms with van der Waals surface area (Å²) in [5, 5.41) is 2.52. The van der Waals surface area contributed by atoms with Gasteiger partial charge in [0.05, 0.1) is 18.4 Å². The minimum Gasteiger partial charge on any atom is -0.492 e. The third kappa shape index (κ3) is 7.37. The molecule has 0 aromatic rings. The van der Waals surface area contributed by atoms with E-state index in [0.29, 0.717) is 18.4 Å². The van der Waals surface area contributed by atoms with Crippen LogP contribution in [0.4, 0.5) is 4.79 Å². The number of carbonyl (C=O) groups excluding carboxylic acids is 4. The molecule has 32 heavy (non-hydrogen) atoms. The quantitative estimate of drug-likeness (QED) is 0.499. The van der Waals surface area contributed by atoms with Gasteiger partial charge in [0.15, 0.2) is 5.76 Å². The number of primary amides is 1. The molecule has 0 aromatic carbocycles. The summed E-state index contributed by atoms with van der Waals surface area (Å²) in [4.78, 5) is 48.9. The molecule has 8 heteroatoms. The van der Waals surface area contributed by atoms with Gasteiger partial charge in [0.1, 0.15) is 6.10 Å². The summed E-state index contributed by atoms with van der Waals surface area (Å²) >= 11 is 0. The first kappa shape index (κ1) is 24.8. The van der Waals surface area contributed by atoms with E-state index in [1.807, 2.05) is 12.2 Å². The first-order chi connectivity index (χ1) is 15.3. The van der Waals surface area contributed by atoms with Gasteiger partial charge in [-0.15, -0.1) is 0 Å².